The number of nitrogens with zero attached hydrogens (tertiary/aromatic N) is 2. The lowest BCUT2D eigenvalue weighted by Gasteiger charge is -2.18. The number of halogens is 4. The molecule has 128 valence electrons. The van der Waals surface area contributed by atoms with Crippen LogP contribution in [0.1, 0.15) is 0 Å². The van der Waals surface area contributed by atoms with Crippen LogP contribution in [0.3, 0.4) is 0 Å². The number of anilines is 1. The molecule has 0 unspecified atom stereocenters. The van der Waals surface area contributed by atoms with Gasteiger partial charge in [0.05, 0.1) is 12.1 Å². The summed E-state index contributed by atoms with van der Waals surface area (Å²) in [7, 11) is 2.51. The van der Waals surface area contributed by atoms with Gasteiger partial charge in [0.2, 0.25) is 5.91 Å². The van der Waals surface area contributed by atoms with Gasteiger partial charge in [-0.1, -0.05) is 11.6 Å². The highest BCUT2D eigenvalue weighted by Crippen LogP contribution is 2.27. The Morgan fingerprint density at radius 2 is 2.13 bits per heavy atom. The van der Waals surface area contributed by atoms with E-state index in [2.05, 4.69) is 10.3 Å². The standard InChI is InChI=1S/C13H16ClF3N4O2/c1-21(7-13(15,16)17)11(22)6-19-12(18)20-8-3-4-10(23-2)9(14)5-8/h3-5H,6-7H2,1-2H3,(H3,18,19,20). The molecule has 10 heteroatoms. The van der Waals surface area contributed by atoms with Gasteiger partial charge in [-0.3, -0.25) is 4.79 Å². The molecular weight excluding hydrogens is 337 g/mol. The van der Waals surface area contributed by atoms with Gasteiger partial charge in [0, 0.05) is 12.7 Å². The van der Waals surface area contributed by atoms with Crippen LogP contribution in [0.4, 0.5) is 18.9 Å². The number of nitrogens with two attached hydrogens (primary N) is 1. The van der Waals surface area contributed by atoms with Gasteiger partial charge in [-0.15, -0.1) is 0 Å². The summed E-state index contributed by atoms with van der Waals surface area (Å²) in [6, 6.07) is 4.74. The Hall–Kier alpha value is -2.16. The third kappa shape index (κ3) is 6.64. The number of guanidine groups is 1. The first-order chi connectivity index (χ1) is 10.6. The van der Waals surface area contributed by atoms with E-state index in [0.717, 1.165) is 7.05 Å². The van der Waals surface area contributed by atoms with Gasteiger partial charge in [0.15, 0.2) is 5.96 Å². The van der Waals surface area contributed by atoms with E-state index in [1.165, 1.54) is 13.2 Å². The third-order valence-electron chi connectivity index (χ3n) is 2.65. The fourth-order valence-electron chi connectivity index (χ4n) is 1.56. The van der Waals surface area contributed by atoms with Crippen molar-refractivity contribution in [3.63, 3.8) is 0 Å². The van der Waals surface area contributed by atoms with Crippen molar-refractivity contribution in [1.82, 2.24) is 4.90 Å². The van der Waals surface area contributed by atoms with E-state index in [1.807, 2.05) is 0 Å². The Labute approximate surface area is 136 Å². The minimum atomic E-state index is -4.46. The molecule has 0 saturated heterocycles. The van der Waals surface area contributed by atoms with E-state index < -0.39 is 25.2 Å². The van der Waals surface area contributed by atoms with Crippen LogP contribution in [-0.4, -0.2) is 50.2 Å². The summed E-state index contributed by atoms with van der Waals surface area (Å²) >= 11 is 5.93. The first kappa shape index (κ1) is 18.9. The molecule has 3 N–H and O–H groups in total. The fraction of sp³-hybridized carbons (Fsp3) is 0.385. The predicted molar refractivity (Wildman–Crippen MR) is 81.8 cm³/mol. The molecule has 1 aromatic carbocycles. The van der Waals surface area contributed by atoms with Crippen molar-refractivity contribution in [1.29, 1.82) is 0 Å². The second kappa shape index (κ2) is 7.91. The molecule has 0 atom stereocenters. The Bertz CT molecular complexity index is 593. The number of carbonyl (C=O) groups excluding carboxylic acids is 1. The lowest BCUT2D eigenvalue weighted by Crippen LogP contribution is -2.37. The molecule has 0 heterocycles. The molecule has 0 aromatic heterocycles. The Kier molecular flexibility index (Phi) is 6.49. The first-order valence-corrected chi connectivity index (χ1v) is 6.71. The van der Waals surface area contributed by atoms with Crippen molar-refractivity contribution in [2.45, 2.75) is 6.18 Å². The van der Waals surface area contributed by atoms with Gasteiger partial charge in [-0.05, 0) is 18.2 Å². The van der Waals surface area contributed by atoms with Crippen molar-refractivity contribution in [2.75, 3.05) is 32.6 Å². The van der Waals surface area contributed by atoms with Crippen LogP contribution in [0.25, 0.3) is 0 Å². The maximum atomic E-state index is 12.2. The zero-order valence-electron chi connectivity index (χ0n) is 12.4. The minimum Gasteiger partial charge on any atom is -0.495 e. The lowest BCUT2D eigenvalue weighted by molar-refractivity contribution is -0.157. The number of ether oxygens (including phenoxy) is 1. The molecule has 0 saturated carbocycles. The van der Waals surface area contributed by atoms with Gasteiger partial charge in [0.25, 0.3) is 0 Å². The van der Waals surface area contributed by atoms with Crippen molar-refractivity contribution >= 4 is 29.2 Å². The third-order valence-corrected chi connectivity index (χ3v) is 2.95. The van der Waals surface area contributed by atoms with Crippen molar-refractivity contribution in [3.05, 3.63) is 23.2 Å². The van der Waals surface area contributed by atoms with Gasteiger partial charge in [-0.25, -0.2) is 4.99 Å². The number of alkyl halides is 3. The summed E-state index contributed by atoms with van der Waals surface area (Å²) in [6.45, 7) is -1.85. The fourth-order valence-corrected chi connectivity index (χ4v) is 1.82. The maximum absolute atomic E-state index is 12.2. The number of methoxy groups -OCH3 is 1. The van der Waals surface area contributed by atoms with E-state index in [4.69, 9.17) is 22.1 Å². The van der Waals surface area contributed by atoms with E-state index in [9.17, 15) is 18.0 Å². The summed E-state index contributed by atoms with van der Waals surface area (Å²) in [4.78, 5) is 15.7. The van der Waals surface area contributed by atoms with Gasteiger partial charge in [-0.2, -0.15) is 13.2 Å². The second-order valence-corrected chi connectivity index (χ2v) is 4.95. The Morgan fingerprint density at radius 1 is 1.48 bits per heavy atom. The number of hydrogen-bond donors (Lipinski definition) is 2. The highest BCUT2D eigenvalue weighted by molar-refractivity contribution is 6.32. The van der Waals surface area contributed by atoms with Crippen LogP contribution < -0.4 is 15.8 Å². The van der Waals surface area contributed by atoms with Crippen LogP contribution in [0.15, 0.2) is 23.2 Å². The molecule has 6 nitrogen and oxygen atoms in total. The summed E-state index contributed by atoms with van der Waals surface area (Å²) in [6.07, 6.45) is -4.46. The minimum absolute atomic E-state index is 0.125. The van der Waals surface area contributed by atoms with Crippen LogP contribution in [0.2, 0.25) is 5.02 Å². The largest absolute Gasteiger partial charge is 0.495 e. The molecule has 0 bridgehead atoms. The van der Waals surface area contributed by atoms with Crippen LogP contribution in [-0.2, 0) is 4.79 Å². The number of amides is 1. The van der Waals surface area contributed by atoms with Crippen LogP contribution >= 0.6 is 11.6 Å². The number of nitrogens with one attached hydrogen (secondary N) is 1. The summed E-state index contributed by atoms with van der Waals surface area (Å²) in [5.74, 6) is -0.462. The number of benzene rings is 1. The topological polar surface area (TPSA) is 80.0 Å². The van der Waals surface area contributed by atoms with Crippen LogP contribution in [0.5, 0.6) is 5.75 Å². The average Bonchev–Trinajstić information content (AvgIpc) is 2.43. The summed E-state index contributed by atoms with van der Waals surface area (Å²) in [5.41, 5.74) is 6.07. The summed E-state index contributed by atoms with van der Waals surface area (Å²) in [5, 5.41) is 3.01. The Morgan fingerprint density at radius 3 is 2.65 bits per heavy atom. The zero-order chi connectivity index (χ0) is 17.6. The summed E-state index contributed by atoms with van der Waals surface area (Å²) < 4.78 is 41.5. The molecule has 0 aliphatic carbocycles. The molecule has 1 amide bonds. The van der Waals surface area contributed by atoms with Crippen molar-refractivity contribution < 1.29 is 22.7 Å². The quantitative estimate of drug-likeness (QED) is 0.628. The van der Waals surface area contributed by atoms with Gasteiger partial charge < -0.3 is 20.7 Å². The van der Waals surface area contributed by atoms with E-state index >= 15 is 0 Å². The zero-order valence-corrected chi connectivity index (χ0v) is 13.2. The molecule has 0 spiro atoms. The molecule has 0 fully saturated rings. The highest BCUT2D eigenvalue weighted by Gasteiger charge is 2.30. The molecule has 1 rings (SSSR count). The predicted octanol–water partition coefficient (Wildman–Crippen LogP) is 2.10. The normalized spacial score (nSPS) is 12.0. The molecule has 23 heavy (non-hydrogen) atoms. The maximum Gasteiger partial charge on any atom is 0.406 e. The number of rotatable bonds is 5. The molecular formula is C13H16ClF3N4O2. The lowest BCUT2D eigenvalue weighted by atomic mass is 10.3. The smallest absolute Gasteiger partial charge is 0.406 e. The van der Waals surface area contributed by atoms with E-state index in [0.29, 0.717) is 21.4 Å². The van der Waals surface area contributed by atoms with Gasteiger partial charge >= 0.3 is 6.18 Å². The van der Waals surface area contributed by atoms with Gasteiger partial charge in [0.1, 0.15) is 18.8 Å². The van der Waals surface area contributed by atoms with Crippen molar-refractivity contribution in [3.8, 4) is 5.75 Å². The van der Waals surface area contributed by atoms with E-state index in [1.54, 1.807) is 12.1 Å². The second-order valence-electron chi connectivity index (χ2n) is 4.54. The van der Waals surface area contributed by atoms with E-state index in [-0.39, 0.29) is 5.96 Å². The number of hydrogen-bond acceptors (Lipinski definition) is 3. The SMILES string of the molecule is COc1ccc(NC(N)=NCC(=O)N(C)CC(F)(F)F)cc1Cl. The first-order valence-electron chi connectivity index (χ1n) is 6.33. The number of carbonyl (C=O) groups is 1. The average molecular weight is 353 g/mol. The molecule has 0 radical (unpaired) electrons. The molecule has 1 aromatic rings. The number of likely N-dealkylation sites (N-methyl/N-ethyl adjacent to an activating group) is 1. The molecule has 0 aliphatic heterocycles. The molecule has 0 aliphatic rings. The monoisotopic (exact) mass is 352 g/mol. The number of aliphatic imine (C=N–C) groups is 1. The van der Waals surface area contributed by atoms with Crippen molar-refractivity contribution in [2.24, 2.45) is 10.7 Å². The van der Waals surface area contributed by atoms with Crippen LogP contribution in [0, 0.1) is 0 Å². The highest BCUT2D eigenvalue weighted by atomic mass is 35.5. The Balaban J connectivity index is 2.60.